The summed E-state index contributed by atoms with van der Waals surface area (Å²) in [4.78, 5) is 46.5. The first-order valence-corrected chi connectivity index (χ1v) is 21.9. The lowest BCUT2D eigenvalue weighted by molar-refractivity contribution is 0.00718. The molecule has 6 rings (SSSR count). The van der Waals surface area contributed by atoms with Crippen LogP contribution in [-0.2, 0) is 14.6 Å². The molecular weight excluding hydrogens is 797 g/mol. The topological polar surface area (TPSA) is 206 Å². The van der Waals surface area contributed by atoms with E-state index in [1.165, 1.54) is 36.5 Å². The number of unbranched alkanes of at least 4 members (excludes halogenated alkanes) is 3. The molecule has 0 radical (unpaired) electrons. The van der Waals surface area contributed by atoms with Crippen LogP contribution in [0.15, 0.2) is 93.6 Å². The zero-order chi connectivity index (χ0) is 43.7. The van der Waals surface area contributed by atoms with Gasteiger partial charge in [0.25, 0.3) is 11.8 Å². The summed E-state index contributed by atoms with van der Waals surface area (Å²) < 4.78 is 39.9. The summed E-state index contributed by atoms with van der Waals surface area (Å²) in [6.45, 7) is 10.3. The largest absolute Gasteiger partial charge is 0.497 e. The molecule has 14 nitrogen and oxygen atoms in total. The molecule has 0 spiro atoms. The molecular formula is C46H54N6O8S. The number of amides is 2. The van der Waals surface area contributed by atoms with Crippen LogP contribution in [-0.4, -0.2) is 92.3 Å². The molecule has 0 bridgehead atoms. The van der Waals surface area contributed by atoms with Gasteiger partial charge in [0.1, 0.15) is 5.75 Å². The minimum atomic E-state index is -4.13. The summed E-state index contributed by atoms with van der Waals surface area (Å²) in [7, 11) is -2.59. The number of aryl methyl sites for hydroxylation is 1. The van der Waals surface area contributed by atoms with E-state index in [0.717, 1.165) is 43.0 Å². The summed E-state index contributed by atoms with van der Waals surface area (Å²) in [6, 6.07) is 19.3. The number of rotatable bonds is 18. The van der Waals surface area contributed by atoms with Crippen molar-refractivity contribution in [2.24, 2.45) is 5.73 Å². The molecule has 1 atom stereocenters. The fourth-order valence-corrected chi connectivity index (χ4v) is 8.94. The molecule has 1 aliphatic rings. The van der Waals surface area contributed by atoms with Gasteiger partial charge in [-0.25, -0.2) is 8.42 Å². The molecule has 6 N–H and O–H groups in total. The average molecular weight is 851 g/mol. The SMILES string of the molecule is C=c1[nH]c(=O)cc/c1=C(/C)[C@@H](O)CNCCCCCCOC1CCN(C(=O)c2cccc(S(=O)(=O)c3cc(C)c4ncc(C(N)=O)c(Nc5cccc(OC)c5)c4c3)c2)CC1. The number of hydrogen-bond donors (Lipinski definition) is 5. The van der Waals surface area contributed by atoms with Gasteiger partial charge in [0, 0.05) is 66.6 Å². The molecule has 61 heavy (non-hydrogen) atoms. The number of fused-ring (bicyclic) bond motifs is 1. The Hall–Kier alpha value is -5.87. The van der Waals surface area contributed by atoms with E-state index in [9.17, 15) is 27.9 Å². The third kappa shape index (κ3) is 10.9. The number of aromatic nitrogens is 2. The van der Waals surface area contributed by atoms with Crippen LogP contribution < -0.4 is 37.2 Å². The van der Waals surface area contributed by atoms with Crippen molar-refractivity contribution < 1.29 is 32.6 Å². The molecule has 0 saturated carbocycles. The molecule has 3 aromatic carbocycles. The van der Waals surface area contributed by atoms with Crippen molar-refractivity contribution in [2.45, 2.75) is 74.4 Å². The van der Waals surface area contributed by atoms with E-state index in [2.05, 4.69) is 27.2 Å². The number of carbonyl (C=O) groups is 2. The van der Waals surface area contributed by atoms with E-state index in [1.807, 2.05) is 6.92 Å². The van der Waals surface area contributed by atoms with Crippen LogP contribution in [0.2, 0.25) is 0 Å². The molecule has 0 aliphatic carbocycles. The van der Waals surface area contributed by atoms with Gasteiger partial charge >= 0.3 is 0 Å². The third-order valence-electron chi connectivity index (χ3n) is 11.0. The van der Waals surface area contributed by atoms with Gasteiger partial charge in [0.15, 0.2) is 0 Å². The standard InChI is InChI=1S/C46H54N6O8S/c1-29-23-37(26-39-43(29)49-27-40(45(47)55)44(39)51-33-12-10-13-35(25-33)59-4)61(57,58)36-14-9-11-32(24-36)46(56)52-20-17-34(18-21-52)60-22-8-6-5-7-19-48-28-41(53)30(2)38-15-16-42(54)50-31(38)3/h9-16,23-27,34,41,48,53H,3,5-8,17-22,28H2,1-2,4H3,(H2,47,55)(H,49,51)(H,50,54)/b38-30+/t41-/m0/s1. The quantitative estimate of drug-likeness (QED) is 0.0785. The number of nitrogens with zero attached hydrogens (tertiary/aromatic N) is 2. The van der Waals surface area contributed by atoms with E-state index in [1.54, 1.807) is 61.4 Å². The van der Waals surface area contributed by atoms with Gasteiger partial charge in [-0.15, -0.1) is 0 Å². The number of aliphatic hydroxyl groups excluding tert-OH is 1. The minimum Gasteiger partial charge on any atom is -0.497 e. The average Bonchev–Trinajstić information content (AvgIpc) is 3.25. The maximum atomic E-state index is 14.2. The Morgan fingerprint density at radius 3 is 2.51 bits per heavy atom. The first-order chi connectivity index (χ1) is 29.3. The van der Waals surface area contributed by atoms with Crippen LogP contribution in [0.4, 0.5) is 11.4 Å². The summed E-state index contributed by atoms with van der Waals surface area (Å²) >= 11 is 0. The number of H-pyrrole nitrogens is 1. The fourth-order valence-electron chi connectivity index (χ4n) is 7.52. The zero-order valence-corrected chi connectivity index (χ0v) is 35.6. The van der Waals surface area contributed by atoms with Crippen molar-refractivity contribution in [3.8, 4) is 5.75 Å². The first kappa shape index (κ1) is 44.7. The van der Waals surface area contributed by atoms with E-state index >= 15 is 0 Å². The van der Waals surface area contributed by atoms with Crippen molar-refractivity contribution in [1.29, 1.82) is 0 Å². The number of methoxy groups -OCH3 is 1. The lowest BCUT2D eigenvalue weighted by atomic mass is 10.1. The predicted octanol–water partition coefficient (Wildman–Crippen LogP) is 4.33. The van der Waals surface area contributed by atoms with Crippen LogP contribution in [0.3, 0.4) is 0 Å². The van der Waals surface area contributed by atoms with Gasteiger partial charge in [-0.1, -0.05) is 31.6 Å². The van der Waals surface area contributed by atoms with E-state index in [4.69, 9.17) is 15.2 Å². The van der Waals surface area contributed by atoms with Crippen molar-refractivity contribution >= 4 is 56.1 Å². The number of carbonyl (C=O) groups excluding carboxylic acids is 2. The number of hydrogen-bond acceptors (Lipinski definition) is 11. The van der Waals surface area contributed by atoms with Crippen LogP contribution in [0, 0.1) is 6.92 Å². The number of anilines is 2. The van der Waals surface area contributed by atoms with Gasteiger partial charge in [0.05, 0.1) is 45.9 Å². The van der Waals surface area contributed by atoms with Gasteiger partial charge in [-0.3, -0.25) is 19.4 Å². The lowest BCUT2D eigenvalue weighted by Crippen LogP contribution is -2.41. The van der Waals surface area contributed by atoms with E-state index in [-0.39, 0.29) is 38.5 Å². The highest BCUT2D eigenvalue weighted by Crippen LogP contribution is 2.35. The Labute approximate surface area is 355 Å². The van der Waals surface area contributed by atoms with Crippen LogP contribution >= 0.6 is 0 Å². The second-order valence-electron chi connectivity index (χ2n) is 15.3. The lowest BCUT2D eigenvalue weighted by Gasteiger charge is -2.32. The molecule has 1 aliphatic heterocycles. The number of aromatic amines is 1. The number of aliphatic hydroxyl groups is 1. The summed E-state index contributed by atoms with van der Waals surface area (Å²) in [5.74, 6) is -0.399. The van der Waals surface area contributed by atoms with Gasteiger partial charge < -0.3 is 40.8 Å². The summed E-state index contributed by atoms with van der Waals surface area (Å²) in [5.41, 5.74) is 8.61. The smallest absolute Gasteiger partial charge is 0.253 e. The van der Waals surface area contributed by atoms with Crippen LogP contribution in [0.5, 0.6) is 5.75 Å². The number of likely N-dealkylation sites (tertiary alicyclic amines) is 1. The highest BCUT2D eigenvalue weighted by Gasteiger charge is 2.27. The monoisotopic (exact) mass is 850 g/mol. The zero-order valence-electron chi connectivity index (χ0n) is 34.8. The maximum Gasteiger partial charge on any atom is 0.253 e. The Morgan fingerprint density at radius 2 is 1.77 bits per heavy atom. The first-order valence-electron chi connectivity index (χ1n) is 20.4. The highest BCUT2D eigenvalue weighted by molar-refractivity contribution is 7.91. The Kier molecular flexibility index (Phi) is 14.7. The molecule has 1 fully saturated rings. The molecule has 0 unspecified atom stereocenters. The van der Waals surface area contributed by atoms with Crippen molar-refractivity contribution in [1.82, 2.24) is 20.2 Å². The van der Waals surface area contributed by atoms with Crippen LogP contribution in [0.25, 0.3) is 23.1 Å². The normalized spacial score (nSPS) is 14.5. The Balaban J connectivity index is 0.998. The number of nitrogens with one attached hydrogen (secondary N) is 3. The van der Waals surface area contributed by atoms with Crippen molar-refractivity contribution in [3.05, 3.63) is 117 Å². The van der Waals surface area contributed by atoms with Gasteiger partial charge in [0.2, 0.25) is 15.4 Å². The number of pyridine rings is 2. The van der Waals surface area contributed by atoms with E-state index < -0.39 is 21.8 Å². The number of primary amides is 1. The predicted molar refractivity (Wildman–Crippen MR) is 236 cm³/mol. The number of ether oxygens (including phenoxy) is 2. The molecule has 5 aromatic rings. The number of piperidine rings is 1. The second-order valence-corrected chi connectivity index (χ2v) is 17.3. The molecule has 2 amide bonds. The van der Waals surface area contributed by atoms with Crippen molar-refractivity contribution in [3.63, 3.8) is 0 Å². The minimum absolute atomic E-state index is 0.0219. The number of benzene rings is 3. The number of nitrogens with two attached hydrogens (primary N) is 1. The van der Waals surface area contributed by atoms with E-state index in [0.29, 0.717) is 78.0 Å². The molecule has 15 heteroatoms. The Morgan fingerprint density at radius 1 is 1.02 bits per heavy atom. The van der Waals surface area contributed by atoms with Gasteiger partial charge in [-0.05, 0) is 111 Å². The number of sulfone groups is 1. The third-order valence-corrected chi connectivity index (χ3v) is 12.8. The molecule has 322 valence electrons. The molecule has 3 heterocycles. The van der Waals surface area contributed by atoms with Crippen molar-refractivity contribution in [2.75, 3.05) is 45.2 Å². The van der Waals surface area contributed by atoms with Gasteiger partial charge in [-0.2, -0.15) is 0 Å². The summed E-state index contributed by atoms with van der Waals surface area (Å²) in [6.07, 6.45) is 6.03. The second kappa shape index (κ2) is 20.1. The van der Waals surface area contributed by atoms with Crippen LogP contribution in [0.1, 0.15) is 71.7 Å². The Bertz CT molecular complexity index is 2680. The highest BCUT2D eigenvalue weighted by atomic mass is 32.2. The maximum absolute atomic E-state index is 14.2. The summed E-state index contributed by atoms with van der Waals surface area (Å²) in [5, 5.41) is 18.7. The molecule has 1 saturated heterocycles. The fraction of sp³-hybridized carbons (Fsp3) is 0.348. The molecule has 2 aromatic heterocycles.